The van der Waals surface area contributed by atoms with Gasteiger partial charge in [0.05, 0.1) is 18.3 Å². The van der Waals surface area contributed by atoms with Crippen molar-refractivity contribution in [3.63, 3.8) is 0 Å². The lowest BCUT2D eigenvalue weighted by molar-refractivity contribution is 0.0951. The highest BCUT2D eigenvalue weighted by Crippen LogP contribution is 2.16. The minimum atomic E-state index is -0.0682. The van der Waals surface area contributed by atoms with E-state index in [9.17, 15) is 4.79 Å². The first-order chi connectivity index (χ1) is 11.2. The summed E-state index contributed by atoms with van der Waals surface area (Å²) in [7, 11) is 0. The molecule has 0 saturated carbocycles. The van der Waals surface area contributed by atoms with Crippen molar-refractivity contribution in [2.75, 3.05) is 19.6 Å². The molecule has 0 aliphatic carbocycles. The molecule has 3 rings (SSSR count). The minimum absolute atomic E-state index is 0.0682. The van der Waals surface area contributed by atoms with E-state index in [4.69, 9.17) is 11.6 Å². The minimum Gasteiger partial charge on any atom is -0.352 e. The SMILES string of the molecule is O=C(NCCC1CCNC1)c1cnn(Cc2ccccc2Cl)c1. The average Bonchev–Trinajstić information content (AvgIpc) is 3.21. The lowest BCUT2D eigenvalue weighted by Crippen LogP contribution is -2.26. The summed E-state index contributed by atoms with van der Waals surface area (Å²) in [4.78, 5) is 12.1. The smallest absolute Gasteiger partial charge is 0.254 e. The van der Waals surface area contributed by atoms with Crippen LogP contribution in [0, 0.1) is 5.92 Å². The number of aromatic nitrogens is 2. The largest absolute Gasteiger partial charge is 0.352 e. The first kappa shape index (κ1) is 16.0. The van der Waals surface area contributed by atoms with Crippen molar-refractivity contribution < 1.29 is 4.79 Å². The van der Waals surface area contributed by atoms with Gasteiger partial charge in [-0.25, -0.2) is 0 Å². The van der Waals surface area contributed by atoms with E-state index in [1.54, 1.807) is 17.1 Å². The third-order valence-corrected chi connectivity index (χ3v) is 4.55. The van der Waals surface area contributed by atoms with Crippen LogP contribution in [0.5, 0.6) is 0 Å². The highest BCUT2D eigenvalue weighted by molar-refractivity contribution is 6.31. The number of hydrogen-bond acceptors (Lipinski definition) is 3. The molecule has 0 spiro atoms. The van der Waals surface area contributed by atoms with Crippen molar-refractivity contribution >= 4 is 17.5 Å². The van der Waals surface area contributed by atoms with Crippen LogP contribution in [0.4, 0.5) is 0 Å². The van der Waals surface area contributed by atoms with Crippen molar-refractivity contribution in [1.82, 2.24) is 20.4 Å². The number of rotatable bonds is 6. The third kappa shape index (κ3) is 4.33. The summed E-state index contributed by atoms with van der Waals surface area (Å²) in [5, 5.41) is 11.3. The summed E-state index contributed by atoms with van der Waals surface area (Å²) in [6, 6.07) is 7.65. The molecule has 1 aliphatic rings. The summed E-state index contributed by atoms with van der Waals surface area (Å²) in [6.45, 7) is 3.42. The normalized spacial score (nSPS) is 17.3. The summed E-state index contributed by atoms with van der Waals surface area (Å²) in [5.41, 5.74) is 1.57. The van der Waals surface area contributed by atoms with Gasteiger partial charge in [-0.05, 0) is 43.5 Å². The van der Waals surface area contributed by atoms with Gasteiger partial charge in [-0.2, -0.15) is 5.10 Å². The maximum Gasteiger partial charge on any atom is 0.254 e. The first-order valence-corrected chi connectivity index (χ1v) is 8.35. The molecule has 2 aromatic rings. The number of halogens is 1. The van der Waals surface area contributed by atoms with E-state index in [2.05, 4.69) is 15.7 Å². The lowest BCUT2D eigenvalue weighted by atomic mass is 10.1. The zero-order valence-electron chi connectivity index (χ0n) is 13.0. The Bertz CT molecular complexity index is 664. The van der Waals surface area contributed by atoms with Crippen molar-refractivity contribution in [1.29, 1.82) is 0 Å². The molecule has 1 aliphatic heterocycles. The van der Waals surface area contributed by atoms with E-state index >= 15 is 0 Å². The number of amides is 1. The van der Waals surface area contributed by atoms with Gasteiger partial charge < -0.3 is 10.6 Å². The highest BCUT2D eigenvalue weighted by Gasteiger charge is 2.15. The Hall–Kier alpha value is -1.85. The van der Waals surface area contributed by atoms with Crippen LogP contribution in [-0.2, 0) is 6.54 Å². The number of carbonyl (C=O) groups excluding carboxylic acids is 1. The fourth-order valence-corrected chi connectivity index (χ4v) is 3.02. The second-order valence-corrected chi connectivity index (χ2v) is 6.33. The Labute approximate surface area is 141 Å². The quantitative estimate of drug-likeness (QED) is 0.853. The summed E-state index contributed by atoms with van der Waals surface area (Å²) >= 11 is 6.15. The van der Waals surface area contributed by atoms with E-state index in [1.165, 1.54) is 6.42 Å². The molecule has 2 heterocycles. The molecule has 1 amide bonds. The van der Waals surface area contributed by atoms with Crippen LogP contribution in [0.25, 0.3) is 0 Å². The fourth-order valence-electron chi connectivity index (χ4n) is 2.82. The molecule has 122 valence electrons. The zero-order valence-corrected chi connectivity index (χ0v) is 13.7. The average molecular weight is 333 g/mol. The van der Waals surface area contributed by atoms with Crippen LogP contribution in [-0.4, -0.2) is 35.3 Å². The molecule has 1 aromatic heterocycles. The standard InChI is InChI=1S/C17H21ClN4O/c18-16-4-2-1-3-14(16)11-22-12-15(10-21-22)17(23)20-8-6-13-5-7-19-9-13/h1-4,10,12-13,19H,5-9,11H2,(H,20,23). The van der Waals surface area contributed by atoms with Gasteiger partial charge in [0.25, 0.3) is 5.91 Å². The van der Waals surface area contributed by atoms with Crippen LogP contribution in [0.2, 0.25) is 5.02 Å². The Morgan fingerprint density at radius 2 is 2.30 bits per heavy atom. The van der Waals surface area contributed by atoms with Crippen LogP contribution in [0.15, 0.2) is 36.7 Å². The Morgan fingerprint density at radius 3 is 3.09 bits per heavy atom. The monoisotopic (exact) mass is 332 g/mol. The predicted molar refractivity (Wildman–Crippen MR) is 90.7 cm³/mol. The first-order valence-electron chi connectivity index (χ1n) is 7.97. The molecule has 1 atom stereocenters. The second kappa shape index (κ2) is 7.62. The van der Waals surface area contributed by atoms with Crippen LogP contribution >= 0.6 is 11.6 Å². The summed E-state index contributed by atoms with van der Waals surface area (Å²) in [6.07, 6.45) is 5.58. The van der Waals surface area contributed by atoms with Crippen molar-refractivity contribution in [2.24, 2.45) is 5.92 Å². The number of hydrogen-bond donors (Lipinski definition) is 2. The molecule has 6 heteroatoms. The fraction of sp³-hybridized carbons (Fsp3) is 0.412. The Kier molecular flexibility index (Phi) is 5.31. The van der Waals surface area contributed by atoms with Gasteiger partial charge in [0, 0.05) is 17.8 Å². The van der Waals surface area contributed by atoms with Crippen molar-refractivity contribution in [3.8, 4) is 0 Å². The zero-order chi connectivity index (χ0) is 16.1. The molecule has 2 N–H and O–H groups in total. The van der Waals surface area contributed by atoms with Crippen LogP contribution in [0.3, 0.4) is 0 Å². The van der Waals surface area contributed by atoms with Crippen LogP contribution in [0.1, 0.15) is 28.8 Å². The number of carbonyl (C=O) groups is 1. The number of benzene rings is 1. The van der Waals surface area contributed by atoms with Crippen molar-refractivity contribution in [3.05, 3.63) is 52.8 Å². The molecule has 1 unspecified atom stereocenters. The topological polar surface area (TPSA) is 59.0 Å². The summed E-state index contributed by atoms with van der Waals surface area (Å²) < 4.78 is 1.73. The van der Waals surface area contributed by atoms with E-state index in [0.29, 0.717) is 29.6 Å². The van der Waals surface area contributed by atoms with E-state index < -0.39 is 0 Å². The van der Waals surface area contributed by atoms with E-state index in [0.717, 1.165) is 25.1 Å². The van der Waals surface area contributed by atoms with E-state index in [1.807, 2.05) is 24.3 Å². The number of nitrogens with one attached hydrogen (secondary N) is 2. The van der Waals surface area contributed by atoms with Gasteiger partial charge in [0.15, 0.2) is 0 Å². The van der Waals surface area contributed by atoms with Gasteiger partial charge in [0.2, 0.25) is 0 Å². The van der Waals surface area contributed by atoms with E-state index in [-0.39, 0.29) is 5.91 Å². The molecule has 1 saturated heterocycles. The van der Waals surface area contributed by atoms with Gasteiger partial charge >= 0.3 is 0 Å². The Balaban J connectivity index is 1.51. The highest BCUT2D eigenvalue weighted by atomic mass is 35.5. The van der Waals surface area contributed by atoms with Gasteiger partial charge in [-0.1, -0.05) is 29.8 Å². The van der Waals surface area contributed by atoms with Gasteiger partial charge in [-0.15, -0.1) is 0 Å². The maximum absolute atomic E-state index is 12.1. The molecular weight excluding hydrogens is 312 g/mol. The van der Waals surface area contributed by atoms with Gasteiger partial charge in [0.1, 0.15) is 0 Å². The number of nitrogens with zero attached hydrogens (tertiary/aromatic N) is 2. The molecule has 5 nitrogen and oxygen atoms in total. The van der Waals surface area contributed by atoms with Gasteiger partial charge in [-0.3, -0.25) is 9.48 Å². The van der Waals surface area contributed by atoms with Crippen LogP contribution < -0.4 is 10.6 Å². The molecule has 0 radical (unpaired) electrons. The molecule has 1 fully saturated rings. The molecule has 0 bridgehead atoms. The molecular formula is C17H21ClN4O. The predicted octanol–water partition coefficient (Wildman–Crippen LogP) is 2.31. The second-order valence-electron chi connectivity index (χ2n) is 5.92. The van der Waals surface area contributed by atoms with Crippen molar-refractivity contribution in [2.45, 2.75) is 19.4 Å². The molecule has 23 heavy (non-hydrogen) atoms. The Morgan fingerprint density at radius 1 is 1.43 bits per heavy atom. The maximum atomic E-state index is 12.1. The third-order valence-electron chi connectivity index (χ3n) is 4.19. The lowest BCUT2D eigenvalue weighted by Gasteiger charge is -2.08. The summed E-state index contributed by atoms with van der Waals surface area (Å²) in [5.74, 6) is 0.611. The molecule has 1 aromatic carbocycles.